The molecule has 8 aromatic carbocycles. The Morgan fingerprint density at radius 3 is 1.51 bits per heavy atom. The Balaban J connectivity index is 1.12. The highest BCUT2D eigenvalue weighted by atomic mass is 32.1. The van der Waals surface area contributed by atoms with Gasteiger partial charge in [0.1, 0.15) is 0 Å². The highest BCUT2D eigenvalue weighted by Gasteiger charge is 2.21. The minimum atomic E-state index is 0.654. The normalized spacial score (nSPS) is 11.9. The number of hydrogen-bond acceptors (Lipinski definition) is 4. The Morgan fingerprint density at radius 2 is 0.877 bits per heavy atom. The Kier molecular flexibility index (Phi) is 7.03. The molecule has 0 fully saturated rings. The predicted octanol–water partition coefficient (Wildman–Crippen LogP) is 13.4. The van der Waals surface area contributed by atoms with E-state index in [0.717, 1.165) is 33.5 Å². The second-order valence-corrected chi connectivity index (χ2v) is 15.5. The fraction of sp³-hybridized carbons (Fsp3) is 0. The first-order valence-electron chi connectivity index (χ1n) is 19.1. The summed E-state index contributed by atoms with van der Waals surface area (Å²) in [5, 5.41) is 7.28. The molecule has 0 amide bonds. The van der Waals surface area contributed by atoms with Gasteiger partial charge in [0, 0.05) is 69.8 Å². The number of thiophene rings is 1. The van der Waals surface area contributed by atoms with Crippen molar-refractivity contribution in [2.45, 2.75) is 0 Å². The third-order valence-corrected chi connectivity index (χ3v) is 12.3. The molecule has 0 N–H and O–H groups in total. The first-order valence-corrected chi connectivity index (χ1v) is 19.9. The summed E-state index contributed by atoms with van der Waals surface area (Å²) in [7, 11) is 0. The first kappa shape index (κ1) is 31.9. The lowest BCUT2D eigenvalue weighted by molar-refractivity contribution is 1.08. The summed E-state index contributed by atoms with van der Waals surface area (Å²) >= 11 is 1.80. The maximum atomic E-state index is 5.15. The number of benzene rings is 8. The average Bonchev–Trinajstić information content (AvgIpc) is 3.93. The van der Waals surface area contributed by atoms with E-state index in [2.05, 4.69) is 161 Å². The van der Waals surface area contributed by atoms with Crippen LogP contribution in [0.4, 0.5) is 0 Å². The number of para-hydroxylation sites is 3. The van der Waals surface area contributed by atoms with Crippen molar-refractivity contribution < 1.29 is 0 Å². The molecule has 0 atom stereocenters. The molecule has 57 heavy (non-hydrogen) atoms. The topological polar surface area (TPSA) is 48.5 Å². The molecular formula is C51H31N5S. The number of rotatable bonds is 5. The Labute approximate surface area is 331 Å². The fourth-order valence-electron chi connectivity index (χ4n) is 8.63. The number of aromatic nitrogens is 5. The maximum Gasteiger partial charge on any atom is 0.164 e. The van der Waals surface area contributed by atoms with Crippen molar-refractivity contribution in [1.29, 1.82) is 0 Å². The smallest absolute Gasteiger partial charge is 0.164 e. The van der Waals surface area contributed by atoms with Crippen molar-refractivity contribution in [3.05, 3.63) is 188 Å². The second kappa shape index (κ2) is 12.6. The van der Waals surface area contributed by atoms with Crippen LogP contribution in [0.15, 0.2) is 188 Å². The van der Waals surface area contributed by atoms with E-state index in [4.69, 9.17) is 15.0 Å². The van der Waals surface area contributed by atoms with Crippen LogP contribution in [0.5, 0.6) is 0 Å². The van der Waals surface area contributed by atoms with Crippen LogP contribution in [-0.2, 0) is 0 Å². The van der Waals surface area contributed by atoms with E-state index in [9.17, 15) is 0 Å². The van der Waals surface area contributed by atoms with Crippen LogP contribution in [0.2, 0.25) is 0 Å². The predicted molar refractivity (Wildman–Crippen MR) is 238 cm³/mol. The molecule has 0 aliphatic rings. The molecule has 12 rings (SSSR count). The molecule has 4 aromatic heterocycles. The van der Waals surface area contributed by atoms with Gasteiger partial charge in [-0.15, -0.1) is 11.3 Å². The van der Waals surface area contributed by atoms with Gasteiger partial charge in [-0.2, -0.15) is 0 Å². The molecule has 0 saturated carbocycles. The van der Waals surface area contributed by atoms with Gasteiger partial charge in [-0.1, -0.05) is 127 Å². The van der Waals surface area contributed by atoms with Crippen molar-refractivity contribution in [3.63, 3.8) is 0 Å². The van der Waals surface area contributed by atoms with Crippen LogP contribution in [0, 0.1) is 0 Å². The van der Waals surface area contributed by atoms with Gasteiger partial charge in [-0.3, -0.25) is 0 Å². The number of hydrogen-bond donors (Lipinski definition) is 0. The molecule has 0 bridgehead atoms. The molecule has 0 saturated heterocycles. The minimum absolute atomic E-state index is 0.654. The van der Waals surface area contributed by atoms with Gasteiger partial charge >= 0.3 is 0 Å². The molecule has 5 nitrogen and oxygen atoms in total. The number of fused-ring (bicyclic) bond motifs is 9. The zero-order valence-corrected chi connectivity index (χ0v) is 31.4. The Hall–Kier alpha value is -7.41. The molecule has 0 unspecified atom stereocenters. The van der Waals surface area contributed by atoms with Gasteiger partial charge in [0.25, 0.3) is 0 Å². The van der Waals surface area contributed by atoms with E-state index >= 15 is 0 Å². The molecule has 12 aromatic rings. The Morgan fingerprint density at radius 1 is 0.333 bits per heavy atom. The summed E-state index contributed by atoms with van der Waals surface area (Å²) in [6, 6.07) is 66.7. The molecule has 0 aliphatic carbocycles. The van der Waals surface area contributed by atoms with Crippen molar-refractivity contribution in [1.82, 2.24) is 24.1 Å². The van der Waals surface area contributed by atoms with Gasteiger partial charge in [0.05, 0.1) is 22.1 Å². The highest BCUT2D eigenvalue weighted by molar-refractivity contribution is 7.26. The standard InChI is InChI=1S/C51H31N5S/c1-4-15-32(16-5-1)49-52-50(33-17-6-2-7-18-33)54-51(53-49)38-23-14-26-47-48(38)41-29-35(27-28-46(41)57-47)56-43-25-13-11-22-37(43)40-30-39-36-21-10-12-24-42(36)55(44(39)31-45(40)56)34-19-8-3-9-20-34/h1-31H. The van der Waals surface area contributed by atoms with E-state index in [1.807, 2.05) is 36.4 Å². The third kappa shape index (κ3) is 4.98. The van der Waals surface area contributed by atoms with E-state index < -0.39 is 0 Å². The molecule has 0 spiro atoms. The van der Waals surface area contributed by atoms with Gasteiger partial charge < -0.3 is 9.13 Å². The largest absolute Gasteiger partial charge is 0.309 e. The minimum Gasteiger partial charge on any atom is -0.309 e. The van der Waals surface area contributed by atoms with Gasteiger partial charge in [-0.05, 0) is 60.7 Å². The molecule has 266 valence electrons. The Bertz CT molecular complexity index is 3450. The summed E-state index contributed by atoms with van der Waals surface area (Å²) in [4.78, 5) is 15.3. The summed E-state index contributed by atoms with van der Waals surface area (Å²) in [5.41, 5.74) is 9.87. The van der Waals surface area contributed by atoms with Crippen molar-refractivity contribution in [2.24, 2.45) is 0 Å². The summed E-state index contributed by atoms with van der Waals surface area (Å²) in [5.74, 6) is 1.97. The van der Waals surface area contributed by atoms with Crippen LogP contribution in [0.1, 0.15) is 0 Å². The summed E-state index contributed by atoms with van der Waals surface area (Å²) in [6.45, 7) is 0. The van der Waals surface area contributed by atoms with Crippen LogP contribution in [0.25, 0.3) is 109 Å². The van der Waals surface area contributed by atoms with Crippen LogP contribution in [0.3, 0.4) is 0 Å². The fourth-order valence-corrected chi connectivity index (χ4v) is 9.75. The van der Waals surface area contributed by atoms with Crippen molar-refractivity contribution >= 4 is 75.1 Å². The van der Waals surface area contributed by atoms with Gasteiger partial charge in [-0.25, -0.2) is 15.0 Å². The highest BCUT2D eigenvalue weighted by Crippen LogP contribution is 2.43. The van der Waals surface area contributed by atoms with Gasteiger partial charge in [0.15, 0.2) is 17.5 Å². The molecule has 0 aliphatic heterocycles. The molecular weight excluding hydrogens is 715 g/mol. The van der Waals surface area contributed by atoms with E-state index in [1.54, 1.807) is 11.3 Å². The monoisotopic (exact) mass is 745 g/mol. The van der Waals surface area contributed by atoms with Crippen LogP contribution in [-0.4, -0.2) is 24.1 Å². The third-order valence-electron chi connectivity index (χ3n) is 11.2. The van der Waals surface area contributed by atoms with Crippen molar-refractivity contribution in [3.8, 4) is 45.5 Å². The second-order valence-electron chi connectivity index (χ2n) is 14.4. The van der Waals surface area contributed by atoms with Crippen LogP contribution < -0.4 is 0 Å². The lowest BCUT2D eigenvalue weighted by Gasteiger charge is -2.11. The quantitative estimate of drug-likeness (QED) is 0.176. The van der Waals surface area contributed by atoms with E-state index in [-0.39, 0.29) is 0 Å². The zero-order valence-electron chi connectivity index (χ0n) is 30.5. The summed E-state index contributed by atoms with van der Waals surface area (Å²) in [6.07, 6.45) is 0. The van der Waals surface area contributed by atoms with Gasteiger partial charge in [0.2, 0.25) is 0 Å². The maximum absolute atomic E-state index is 5.15. The first-order chi connectivity index (χ1) is 28.3. The SMILES string of the molecule is c1ccc(-c2nc(-c3ccccc3)nc(-c3cccc4sc5ccc(-n6c7ccccc7c7cc8c9ccccc9n(-c9ccccc9)c8cc76)cc5c34)n2)cc1. The number of nitrogens with zero attached hydrogens (tertiary/aromatic N) is 5. The molecule has 4 heterocycles. The van der Waals surface area contributed by atoms with E-state index in [1.165, 1.54) is 58.4 Å². The van der Waals surface area contributed by atoms with Crippen LogP contribution >= 0.6 is 11.3 Å². The average molecular weight is 746 g/mol. The van der Waals surface area contributed by atoms with E-state index in [0.29, 0.717) is 17.5 Å². The lowest BCUT2D eigenvalue weighted by Crippen LogP contribution is -2.00. The summed E-state index contributed by atoms with van der Waals surface area (Å²) < 4.78 is 7.25. The molecule has 0 radical (unpaired) electrons. The zero-order chi connectivity index (χ0) is 37.5. The lowest BCUT2D eigenvalue weighted by atomic mass is 10.0. The molecule has 6 heteroatoms. The van der Waals surface area contributed by atoms with Crippen molar-refractivity contribution in [2.75, 3.05) is 0 Å².